The number of hydrogen-bond donors (Lipinski definition) is 0. The van der Waals surface area contributed by atoms with E-state index >= 15 is 0 Å². The summed E-state index contributed by atoms with van der Waals surface area (Å²) in [6, 6.07) is 2.88. The van der Waals surface area contributed by atoms with Crippen molar-refractivity contribution in [3.05, 3.63) is 91.6 Å². The maximum Gasteiger partial charge on any atom is 0.338 e. The average Bonchev–Trinajstić information content (AvgIpc) is 3.33. The van der Waals surface area contributed by atoms with Gasteiger partial charge in [-0.15, -0.1) is 0 Å². The number of non-ortho nitro benzene ring substituents is 2. The Morgan fingerprint density at radius 1 is 1.05 bits per heavy atom. The first kappa shape index (κ1) is 32.4. The standard InChI is InChI=1S/C35H46N2O6/c1-22(2)23(3)9-10-25(5)29-19-33-26(8-7-15-35(33,6)21-29)12-13-27-18-32(14-11-24(27)4)43-34(38)28-16-30(36(39)40)20-31(17-28)37(41)42/h9-10,12-13,16-17,20,22-23,25,29,32-33H,4,7-8,11,14-15,18-19,21H2,1-3,5-6H3/b10-9+,26-12-,27-13-/t23-,25-,29+,32+,33+,35+/m0/s1. The van der Waals surface area contributed by atoms with Crippen LogP contribution in [0.15, 0.2) is 65.8 Å². The first-order valence-electron chi connectivity index (χ1n) is 15.7. The number of nitro groups is 2. The second kappa shape index (κ2) is 13.4. The van der Waals surface area contributed by atoms with Gasteiger partial charge in [-0.05, 0) is 85.5 Å². The van der Waals surface area contributed by atoms with Gasteiger partial charge >= 0.3 is 5.97 Å². The molecule has 8 nitrogen and oxygen atoms in total. The summed E-state index contributed by atoms with van der Waals surface area (Å²) in [7, 11) is 0. The lowest BCUT2D eigenvalue weighted by Crippen LogP contribution is -2.27. The minimum Gasteiger partial charge on any atom is -0.458 e. The van der Waals surface area contributed by atoms with Crippen LogP contribution in [0.25, 0.3) is 0 Å². The summed E-state index contributed by atoms with van der Waals surface area (Å²) in [5.74, 6) is 2.24. The summed E-state index contributed by atoms with van der Waals surface area (Å²) < 4.78 is 5.70. The SMILES string of the molecule is C=C1CC[C@@H](OC(=O)c2cc([N+](=O)[O-])cc([N+](=O)[O-])c2)C/C1=C/C=C1/CCC[C@]2(C)C[C@H]([C@@H](C)/C=C/[C@H](C)C(C)C)C[C@H]12. The van der Waals surface area contributed by atoms with Crippen LogP contribution in [0.4, 0.5) is 11.4 Å². The number of ether oxygens (including phenoxy) is 1. The predicted octanol–water partition coefficient (Wildman–Crippen LogP) is 9.32. The van der Waals surface area contributed by atoms with Crippen LogP contribution in [0.1, 0.15) is 96.3 Å². The maximum atomic E-state index is 12.9. The Kier molecular flexibility index (Phi) is 10.1. The Morgan fingerprint density at radius 2 is 1.72 bits per heavy atom. The molecule has 43 heavy (non-hydrogen) atoms. The molecule has 3 aliphatic carbocycles. The lowest BCUT2D eigenvalue weighted by molar-refractivity contribution is -0.394. The number of rotatable bonds is 9. The van der Waals surface area contributed by atoms with Crippen molar-refractivity contribution in [2.75, 3.05) is 0 Å². The van der Waals surface area contributed by atoms with Gasteiger partial charge < -0.3 is 4.74 Å². The van der Waals surface area contributed by atoms with E-state index in [2.05, 4.69) is 65.5 Å². The number of allylic oxidation sites excluding steroid dienone is 6. The third kappa shape index (κ3) is 7.70. The van der Waals surface area contributed by atoms with Gasteiger partial charge in [0, 0.05) is 18.6 Å². The fourth-order valence-electron chi connectivity index (χ4n) is 7.11. The number of esters is 1. The van der Waals surface area contributed by atoms with Gasteiger partial charge in [-0.2, -0.15) is 0 Å². The summed E-state index contributed by atoms with van der Waals surface area (Å²) in [5, 5.41) is 22.5. The number of nitro benzene ring substituents is 2. The average molecular weight is 591 g/mol. The highest BCUT2D eigenvalue weighted by molar-refractivity contribution is 5.91. The Bertz CT molecular complexity index is 1330. The molecule has 0 aromatic heterocycles. The first-order valence-corrected chi connectivity index (χ1v) is 15.7. The number of nitrogens with zero attached hydrogens (tertiary/aromatic N) is 2. The van der Waals surface area contributed by atoms with E-state index in [0.717, 1.165) is 35.8 Å². The zero-order valence-corrected chi connectivity index (χ0v) is 26.2. The molecule has 1 aromatic carbocycles. The molecule has 8 heteroatoms. The Labute approximate surface area is 255 Å². The van der Waals surface area contributed by atoms with Crippen LogP contribution in [0.5, 0.6) is 0 Å². The quantitative estimate of drug-likeness (QED) is 0.123. The van der Waals surface area contributed by atoms with Crippen LogP contribution < -0.4 is 0 Å². The van der Waals surface area contributed by atoms with E-state index in [9.17, 15) is 25.0 Å². The topological polar surface area (TPSA) is 113 Å². The maximum absolute atomic E-state index is 12.9. The molecule has 0 N–H and O–H groups in total. The summed E-state index contributed by atoms with van der Waals surface area (Å²) in [6.45, 7) is 15.9. The highest BCUT2D eigenvalue weighted by Gasteiger charge is 2.47. The molecule has 0 unspecified atom stereocenters. The lowest BCUT2D eigenvalue weighted by Gasteiger charge is -2.38. The monoisotopic (exact) mass is 590 g/mol. The molecule has 4 rings (SSSR count). The van der Waals surface area contributed by atoms with Crippen LogP contribution in [0.2, 0.25) is 0 Å². The third-order valence-electron chi connectivity index (χ3n) is 10.3. The van der Waals surface area contributed by atoms with Gasteiger partial charge in [-0.3, -0.25) is 20.2 Å². The van der Waals surface area contributed by atoms with E-state index in [1.54, 1.807) is 0 Å². The molecule has 0 heterocycles. The number of fused-ring (bicyclic) bond motifs is 1. The highest BCUT2D eigenvalue weighted by Crippen LogP contribution is 2.58. The smallest absolute Gasteiger partial charge is 0.338 e. The number of carbonyl (C=O) groups is 1. The van der Waals surface area contributed by atoms with Crippen LogP contribution >= 0.6 is 0 Å². The lowest BCUT2D eigenvalue weighted by atomic mass is 9.67. The van der Waals surface area contributed by atoms with Crippen molar-refractivity contribution in [1.29, 1.82) is 0 Å². The Hall–Kier alpha value is -3.55. The highest BCUT2D eigenvalue weighted by atomic mass is 16.6. The van der Waals surface area contributed by atoms with Crippen molar-refractivity contribution in [3.8, 4) is 0 Å². The van der Waals surface area contributed by atoms with Gasteiger partial charge in [-0.1, -0.05) is 76.6 Å². The molecule has 3 aliphatic rings. The van der Waals surface area contributed by atoms with Crippen LogP contribution in [-0.4, -0.2) is 21.9 Å². The van der Waals surface area contributed by atoms with Crippen LogP contribution in [0.3, 0.4) is 0 Å². The molecule has 0 bridgehead atoms. The summed E-state index contributed by atoms with van der Waals surface area (Å²) >= 11 is 0. The Balaban J connectivity index is 1.46. The van der Waals surface area contributed by atoms with E-state index in [0.29, 0.717) is 54.3 Å². The van der Waals surface area contributed by atoms with Crippen LogP contribution in [-0.2, 0) is 4.74 Å². The van der Waals surface area contributed by atoms with E-state index in [1.165, 1.54) is 31.3 Å². The van der Waals surface area contributed by atoms with Crippen LogP contribution in [0, 0.1) is 55.2 Å². The van der Waals surface area contributed by atoms with Gasteiger partial charge in [0.1, 0.15) is 6.10 Å². The minimum absolute atomic E-state index is 0.196. The molecule has 232 valence electrons. The van der Waals surface area contributed by atoms with E-state index < -0.39 is 33.3 Å². The predicted molar refractivity (Wildman–Crippen MR) is 169 cm³/mol. The van der Waals surface area contributed by atoms with Gasteiger partial charge in [-0.25, -0.2) is 4.79 Å². The summed E-state index contributed by atoms with van der Waals surface area (Å²) in [4.78, 5) is 33.9. The molecule has 0 aliphatic heterocycles. The molecule has 0 spiro atoms. The molecular formula is C35H46N2O6. The third-order valence-corrected chi connectivity index (χ3v) is 10.3. The van der Waals surface area contributed by atoms with E-state index in [1.807, 2.05) is 0 Å². The first-order chi connectivity index (χ1) is 20.3. The fraction of sp³-hybridized carbons (Fsp3) is 0.571. The number of hydrogen-bond acceptors (Lipinski definition) is 6. The second-order valence-corrected chi connectivity index (χ2v) is 13.7. The normalized spacial score (nSPS) is 29.2. The number of benzene rings is 1. The van der Waals surface area contributed by atoms with Gasteiger partial charge in [0.05, 0.1) is 21.5 Å². The van der Waals surface area contributed by atoms with Crippen molar-refractivity contribution in [2.24, 2.45) is 35.0 Å². The number of carbonyl (C=O) groups excluding carboxylic acids is 1. The van der Waals surface area contributed by atoms with E-state index in [-0.39, 0.29) is 5.56 Å². The molecule has 6 atom stereocenters. The zero-order chi connectivity index (χ0) is 31.5. The van der Waals surface area contributed by atoms with E-state index in [4.69, 9.17) is 4.74 Å². The van der Waals surface area contributed by atoms with Gasteiger partial charge in [0.2, 0.25) is 0 Å². The van der Waals surface area contributed by atoms with Gasteiger partial charge in [0.25, 0.3) is 11.4 Å². The summed E-state index contributed by atoms with van der Waals surface area (Å²) in [5.41, 5.74) is 2.66. The minimum atomic E-state index is -0.798. The molecular weight excluding hydrogens is 544 g/mol. The van der Waals surface area contributed by atoms with Crippen molar-refractivity contribution < 1.29 is 19.4 Å². The Morgan fingerprint density at radius 3 is 2.35 bits per heavy atom. The zero-order valence-electron chi connectivity index (χ0n) is 26.2. The van der Waals surface area contributed by atoms with Crippen molar-refractivity contribution >= 4 is 17.3 Å². The summed E-state index contributed by atoms with van der Waals surface area (Å²) in [6.07, 6.45) is 16.6. The molecule has 1 aromatic rings. The molecule has 3 fully saturated rings. The van der Waals surface area contributed by atoms with Crippen molar-refractivity contribution in [2.45, 2.75) is 92.1 Å². The largest absolute Gasteiger partial charge is 0.458 e. The molecule has 0 saturated heterocycles. The fourth-order valence-corrected chi connectivity index (χ4v) is 7.11. The molecule has 0 amide bonds. The molecule has 0 radical (unpaired) electrons. The van der Waals surface area contributed by atoms with Crippen molar-refractivity contribution in [1.82, 2.24) is 0 Å². The second-order valence-electron chi connectivity index (χ2n) is 13.7. The molecule has 3 saturated carbocycles. The van der Waals surface area contributed by atoms with Crippen molar-refractivity contribution in [3.63, 3.8) is 0 Å². The van der Waals surface area contributed by atoms with Gasteiger partial charge in [0.15, 0.2) is 0 Å².